The molecule has 2 heterocycles. The van der Waals surface area contributed by atoms with Crippen LogP contribution in [0, 0.1) is 0 Å². The van der Waals surface area contributed by atoms with Gasteiger partial charge in [-0.15, -0.1) is 0 Å². The number of hydrogen-bond donors (Lipinski definition) is 1. The monoisotopic (exact) mass is 457 g/mol. The summed E-state index contributed by atoms with van der Waals surface area (Å²) in [6, 6.07) is 12.4. The quantitative estimate of drug-likeness (QED) is 0.516. The largest absolute Gasteiger partial charge is 0.497 e. The molecular formula is C23H24ClN3O5. The van der Waals surface area contributed by atoms with E-state index in [1.807, 2.05) is 24.3 Å². The van der Waals surface area contributed by atoms with Crippen molar-refractivity contribution in [3.05, 3.63) is 64.3 Å². The molecule has 0 aliphatic carbocycles. The van der Waals surface area contributed by atoms with Gasteiger partial charge in [0.2, 0.25) is 0 Å². The van der Waals surface area contributed by atoms with Gasteiger partial charge < -0.3 is 23.8 Å². The summed E-state index contributed by atoms with van der Waals surface area (Å²) in [7, 11) is 6.26. The summed E-state index contributed by atoms with van der Waals surface area (Å²) in [5.41, 5.74) is 3.48. The molecule has 4 rings (SSSR count). The van der Waals surface area contributed by atoms with Gasteiger partial charge in [-0.2, -0.15) is 5.10 Å². The molecule has 1 amide bonds. The number of methoxy groups -OCH3 is 4. The number of fused-ring (bicyclic) bond motifs is 1. The van der Waals surface area contributed by atoms with Crippen LogP contribution in [0.5, 0.6) is 11.5 Å². The third-order valence-electron chi connectivity index (χ3n) is 5.59. The molecule has 0 spiro atoms. The van der Waals surface area contributed by atoms with E-state index in [4.69, 9.17) is 30.5 Å². The van der Waals surface area contributed by atoms with Crippen LogP contribution in [-0.4, -0.2) is 62.3 Å². The molecule has 9 heteroatoms. The molecule has 1 aliphatic heterocycles. The Balaban J connectivity index is 1.89. The molecule has 1 unspecified atom stereocenters. The number of amides is 1. The first-order valence-corrected chi connectivity index (χ1v) is 10.3. The molecule has 2 aromatic carbocycles. The normalized spacial score (nSPS) is 15.4. The number of hydrogen-bond acceptors (Lipinski definition) is 6. The minimum absolute atomic E-state index is 0.199. The number of ether oxygens (including phenoxy) is 4. The van der Waals surface area contributed by atoms with Crippen LogP contribution in [0.25, 0.3) is 11.3 Å². The lowest BCUT2D eigenvalue weighted by Gasteiger charge is -2.30. The number of rotatable bonds is 8. The minimum atomic E-state index is -0.596. The van der Waals surface area contributed by atoms with Crippen molar-refractivity contribution in [3.63, 3.8) is 0 Å². The van der Waals surface area contributed by atoms with Crippen molar-refractivity contribution in [2.45, 2.75) is 12.3 Å². The predicted octanol–water partition coefficient (Wildman–Crippen LogP) is 3.91. The number of benzene rings is 2. The van der Waals surface area contributed by atoms with E-state index in [1.54, 1.807) is 37.3 Å². The van der Waals surface area contributed by atoms with Crippen molar-refractivity contribution < 1.29 is 23.7 Å². The van der Waals surface area contributed by atoms with Gasteiger partial charge in [-0.25, -0.2) is 0 Å². The third kappa shape index (κ3) is 3.81. The SMILES string of the molecule is COc1ccc(C2c3c(-c4ccc(Cl)cc4)n[nH]c3C(=O)N2CC(OC)OC)c(OC)c1. The minimum Gasteiger partial charge on any atom is -0.497 e. The maximum absolute atomic E-state index is 13.4. The van der Waals surface area contributed by atoms with Crippen LogP contribution in [-0.2, 0) is 9.47 Å². The number of aromatic nitrogens is 2. The van der Waals surface area contributed by atoms with Crippen LogP contribution in [0.15, 0.2) is 42.5 Å². The van der Waals surface area contributed by atoms with Gasteiger partial charge >= 0.3 is 0 Å². The lowest BCUT2D eigenvalue weighted by molar-refractivity contribution is -0.113. The van der Waals surface area contributed by atoms with Crippen LogP contribution >= 0.6 is 11.6 Å². The van der Waals surface area contributed by atoms with Crippen LogP contribution in [0.1, 0.15) is 27.7 Å². The van der Waals surface area contributed by atoms with Crippen molar-refractivity contribution >= 4 is 17.5 Å². The molecule has 0 saturated heterocycles. The molecule has 32 heavy (non-hydrogen) atoms. The van der Waals surface area contributed by atoms with Crippen LogP contribution < -0.4 is 9.47 Å². The maximum Gasteiger partial charge on any atom is 0.273 e. The summed E-state index contributed by atoms with van der Waals surface area (Å²) in [4.78, 5) is 15.1. The summed E-state index contributed by atoms with van der Waals surface area (Å²) in [5, 5.41) is 8.01. The molecule has 8 nitrogen and oxygen atoms in total. The zero-order chi connectivity index (χ0) is 22.8. The second-order valence-electron chi connectivity index (χ2n) is 7.24. The summed E-state index contributed by atoms with van der Waals surface area (Å²) < 4.78 is 21.8. The zero-order valence-electron chi connectivity index (χ0n) is 18.2. The maximum atomic E-state index is 13.4. The van der Waals surface area contributed by atoms with Crippen molar-refractivity contribution in [3.8, 4) is 22.8 Å². The van der Waals surface area contributed by atoms with E-state index in [0.717, 1.165) is 16.7 Å². The molecule has 1 aromatic heterocycles. The zero-order valence-corrected chi connectivity index (χ0v) is 19.0. The molecule has 3 aromatic rings. The van der Waals surface area contributed by atoms with Crippen LogP contribution in [0.2, 0.25) is 5.02 Å². The highest BCUT2D eigenvalue weighted by atomic mass is 35.5. The second kappa shape index (κ2) is 9.20. The van der Waals surface area contributed by atoms with E-state index >= 15 is 0 Å². The van der Waals surface area contributed by atoms with Crippen molar-refractivity contribution in [2.75, 3.05) is 35.0 Å². The highest BCUT2D eigenvalue weighted by Crippen LogP contribution is 2.46. The Labute approximate surface area is 191 Å². The van der Waals surface area contributed by atoms with E-state index in [2.05, 4.69) is 10.2 Å². The van der Waals surface area contributed by atoms with Gasteiger partial charge in [-0.1, -0.05) is 23.7 Å². The molecule has 168 valence electrons. The molecule has 1 aliphatic rings. The highest BCUT2D eigenvalue weighted by molar-refractivity contribution is 6.30. The van der Waals surface area contributed by atoms with E-state index < -0.39 is 12.3 Å². The molecular weight excluding hydrogens is 434 g/mol. The van der Waals surface area contributed by atoms with Gasteiger partial charge in [0, 0.05) is 42.0 Å². The Morgan fingerprint density at radius 1 is 1.06 bits per heavy atom. The lowest BCUT2D eigenvalue weighted by Crippen LogP contribution is -2.38. The van der Waals surface area contributed by atoms with E-state index in [1.165, 1.54) is 14.2 Å². The topological polar surface area (TPSA) is 85.9 Å². The number of nitrogens with one attached hydrogen (secondary N) is 1. The first kappa shape index (κ1) is 22.1. The fourth-order valence-corrected chi connectivity index (χ4v) is 4.11. The molecule has 0 saturated carbocycles. The first-order valence-electron chi connectivity index (χ1n) is 9.95. The number of H-pyrrole nitrogens is 1. The molecule has 0 bridgehead atoms. The number of nitrogens with zero attached hydrogens (tertiary/aromatic N) is 2. The molecule has 0 fully saturated rings. The van der Waals surface area contributed by atoms with Gasteiger partial charge in [0.25, 0.3) is 5.91 Å². The Kier molecular flexibility index (Phi) is 6.36. The lowest BCUT2D eigenvalue weighted by atomic mass is 9.95. The summed E-state index contributed by atoms with van der Waals surface area (Å²) in [6.45, 7) is 0.217. The number of halogens is 1. The van der Waals surface area contributed by atoms with E-state index in [9.17, 15) is 4.79 Å². The Morgan fingerprint density at radius 2 is 1.78 bits per heavy atom. The number of aromatic amines is 1. The van der Waals surface area contributed by atoms with Crippen LogP contribution in [0.4, 0.5) is 0 Å². The Morgan fingerprint density at radius 3 is 2.41 bits per heavy atom. The first-order chi connectivity index (χ1) is 15.5. The summed E-state index contributed by atoms with van der Waals surface area (Å²) >= 11 is 6.07. The highest BCUT2D eigenvalue weighted by Gasteiger charge is 2.44. The van der Waals surface area contributed by atoms with Gasteiger partial charge in [0.15, 0.2) is 6.29 Å². The van der Waals surface area contributed by atoms with Gasteiger partial charge in [0.1, 0.15) is 17.2 Å². The summed E-state index contributed by atoms with van der Waals surface area (Å²) in [5.74, 6) is 1.04. The van der Waals surface area contributed by atoms with Gasteiger partial charge in [0.05, 0.1) is 32.5 Å². The van der Waals surface area contributed by atoms with E-state index in [-0.39, 0.29) is 12.5 Å². The third-order valence-corrected chi connectivity index (χ3v) is 5.84. The fourth-order valence-electron chi connectivity index (χ4n) is 3.99. The standard InChI is InChI=1S/C23H24ClN3O5/c1-29-15-9-10-16(17(11-15)30-2)22-19-20(13-5-7-14(24)8-6-13)25-26-21(19)23(28)27(22)12-18(31-3)32-4/h5-11,18,22H,12H2,1-4H3,(H,25,26). The average molecular weight is 458 g/mol. The summed E-state index contributed by atoms with van der Waals surface area (Å²) in [6.07, 6.45) is -0.596. The smallest absolute Gasteiger partial charge is 0.273 e. The number of carbonyl (C=O) groups excluding carboxylic acids is 1. The van der Waals surface area contributed by atoms with Gasteiger partial charge in [-0.05, 0) is 24.3 Å². The molecule has 1 N–H and O–H groups in total. The average Bonchev–Trinajstić information content (AvgIpc) is 3.36. The molecule has 0 radical (unpaired) electrons. The Hall–Kier alpha value is -3.07. The number of carbonyl (C=O) groups is 1. The van der Waals surface area contributed by atoms with Crippen molar-refractivity contribution in [2.24, 2.45) is 0 Å². The Bertz CT molecular complexity index is 1110. The molecule has 1 atom stereocenters. The van der Waals surface area contributed by atoms with Crippen molar-refractivity contribution in [1.82, 2.24) is 15.1 Å². The van der Waals surface area contributed by atoms with E-state index in [0.29, 0.717) is 27.9 Å². The van der Waals surface area contributed by atoms with Crippen LogP contribution in [0.3, 0.4) is 0 Å². The predicted molar refractivity (Wildman–Crippen MR) is 119 cm³/mol. The van der Waals surface area contributed by atoms with Gasteiger partial charge in [-0.3, -0.25) is 9.89 Å². The fraction of sp³-hybridized carbons (Fsp3) is 0.304. The second-order valence-corrected chi connectivity index (χ2v) is 7.67. The van der Waals surface area contributed by atoms with Crippen molar-refractivity contribution in [1.29, 1.82) is 0 Å².